The van der Waals surface area contributed by atoms with Crippen molar-refractivity contribution in [1.29, 1.82) is 0 Å². The highest BCUT2D eigenvalue weighted by atomic mass is 19.1. The quantitative estimate of drug-likeness (QED) is 0.716. The van der Waals surface area contributed by atoms with E-state index in [9.17, 15) is 19.1 Å². The zero-order valence-electron chi connectivity index (χ0n) is 13.4. The fourth-order valence-electron chi connectivity index (χ4n) is 2.86. The first-order valence-corrected chi connectivity index (χ1v) is 7.61. The van der Waals surface area contributed by atoms with Crippen LogP contribution < -0.4 is 20.8 Å². The van der Waals surface area contributed by atoms with Gasteiger partial charge in [0.1, 0.15) is 17.9 Å². The summed E-state index contributed by atoms with van der Waals surface area (Å²) in [5.41, 5.74) is -0.496. The molecule has 1 unspecified atom stereocenters. The van der Waals surface area contributed by atoms with Crippen molar-refractivity contribution in [3.8, 4) is 5.75 Å². The fourth-order valence-corrected chi connectivity index (χ4v) is 2.86. The molecule has 0 aliphatic carbocycles. The van der Waals surface area contributed by atoms with E-state index in [4.69, 9.17) is 4.74 Å². The normalized spacial score (nSPS) is 16.0. The molecule has 0 saturated heterocycles. The Morgan fingerprint density at radius 3 is 2.92 bits per heavy atom. The Kier molecular flexibility index (Phi) is 4.15. The fraction of sp³-hybridized carbons (Fsp3) is 0.375. The summed E-state index contributed by atoms with van der Waals surface area (Å²) < 4.78 is 21.8. The number of carbonyl (C=O) groups is 1. The number of anilines is 1. The van der Waals surface area contributed by atoms with Crippen molar-refractivity contribution >= 4 is 22.6 Å². The van der Waals surface area contributed by atoms with Crippen LogP contribution >= 0.6 is 0 Å². The SMILES string of the molecule is CNCCNc1c(F)cc2c(=O)c(C(=O)O)cn3c2c1OCC3C. The number of nitrogens with zero attached hydrogens (tertiary/aromatic N) is 1. The first-order chi connectivity index (χ1) is 11.5. The third-order valence-corrected chi connectivity index (χ3v) is 4.07. The highest BCUT2D eigenvalue weighted by Gasteiger charge is 2.27. The highest BCUT2D eigenvalue weighted by molar-refractivity contribution is 5.97. The average Bonchev–Trinajstić information content (AvgIpc) is 2.54. The van der Waals surface area contributed by atoms with Crippen LogP contribution in [0, 0.1) is 5.82 Å². The van der Waals surface area contributed by atoms with Crippen LogP contribution in [0.25, 0.3) is 10.9 Å². The van der Waals surface area contributed by atoms with Crippen LogP contribution in [0.1, 0.15) is 23.3 Å². The van der Waals surface area contributed by atoms with Gasteiger partial charge in [-0.15, -0.1) is 0 Å². The zero-order valence-corrected chi connectivity index (χ0v) is 13.4. The number of aromatic carboxylic acids is 1. The molecule has 1 aromatic carbocycles. The van der Waals surface area contributed by atoms with E-state index >= 15 is 0 Å². The van der Waals surface area contributed by atoms with Gasteiger partial charge in [-0.2, -0.15) is 0 Å². The van der Waals surface area contributed by atoms with Crippen molar-refractivity contribution in [2.45, 2.75) is 13.0 Å². The van der Waals surface area contributed by atoms with Gasteiger partial charge in [-0.1, -0.05) is 0 Å². The molecule has 0 radical (unpaired) electrons. The first-order valence-electron chi connectivity index (χ1n) is 7.61. The van der Waals surface area contributed by atoms with E-state index in [1.54, 1.807) is 11.6 Å². The first kappa shape index (κ1) is 16.3. The molecule has 0 amide bonds. The van der Waals surface area contributed by atoms with Gasteiger partial charge in [0.15, 0.2) is 11.6 Å². The summed E-state index contributed by atoms with van der Waals surface area (Å²) in [5.74, 6) is -1.73. The van der Waals surface area contributed by atoms with Crippen molar-refractivity contribution in [2.24, 2.45) is 0 Å². The summed E-state index contributed by atoms with van der Waals surface area (Å²) in [6.07, 6.45) is 1.30. The number of carboxylic acids is 1. The maximum atomic E-state index is 14.5. The molecule has 1 atom stereocenters. The lowest BCUT2D eigenvalue weighted by Crippen LogP contribution is -2.27. The average molecular weight is 335 g/mol. The lowest BCUT2D eigenvalue weighted by Gasteiger charge is -2.28. The van der Waals surface area contributed by atoms with Gasteiger partial charge in [0.25, 0.3) is 0 Å². The number of aromatic nitrogens is 1. The second kappa shape index (κ2) is 6.12. The van der Waals surface area contributed by atoms with Crippen LogP contribution in [0.4, 0.5) is 10.1 Å². The Morgan fingerprint density at radius 1 is 1.50 bits per heavy atom. The molecule has 24 heavy (non-hydrogen) atoms. The van der Waals surface area contributed by atoms with Gasteiger partial charge in [0, 0.05) is 19.3 Å². The minimum Gasteiger partial charge on any atom is -0.487 e. The van der Waals surface area contributed by atoms with Gasteiger partial charge in [0.2, 0.25) is 5.43 Å². The Bertz CT molecular complexity index is 878. The third kappa shape index (κ3) is 2.48. The molecule has 2 aromatic rings. The molecule has 128 valence electrons. The summed E-state index contributed by atoms with van der Waals surface area (Å²) in [5, 5.41) is 15.1. The number of likely N-dealkylation sites (N-methyl/N-ethyl adjacent to an activating group) is 1. The topological polar surface area (TPSA) is 92.6 Å². The second-order valence-corrected chi connectivity index (χ2v) is 5.73. The molecule has 3 rings (SSSR count). The molecule has 0 saturated carbocycles. The van der Waals surface area contributed by atoms with E-state index in [-0.39, 0.29) is 35.0 Å². The number of rotatable bonds is 5. The third-order valence-electron chi connectivity index (χ3n) is 4.07. The number of pyridine rings is 1. The smallest absolute Gasteiger partial charge is 0.341 e. The summed E-state index contributed by atoms with van der Waals surface area (Å²) in [6.45, 7) is 3.20. The van der Waals surface area contributed by atoms with E-state index in [0.717, 1.165) is 6.07 Å². The van der Waals surface area contributed by atoms with Crippen LogP contribution in [0.15, 0.2) is 17.1 Å². The predicted molar refractivity (Wildman–Crippen MR) is 87.7 cm³/mol. The molecule has 0 bridgehead atoms. The maximum absolute atomic E-state index is 14.5. The van der Waals surface area contributed by atoms with Gasteiger partial charge in [0.05, 0.1) is 16.9 Å². The summed E-state index contributed by atoms with van der Waals surface area (Å²) in [4.78, 5) is 23.7. The second-order valence-electron chi connectivity index (χ2n) is 5.73. The Hall–Kier alpha value is -2.61. The van der Waals surface area contributed by atoms with E-state index in [2.05, 4.69) is 10.6 Å². The number of hydrogen-bond acceptors (Lipinski definition) is 5. The number of ether oxygens (including phenoxy) is 1. The lowest BCUT2D eigenvalue weighted by molar-refractivity contribution is 0.0694. The number of benzene rings is 1. The number of halogens is 1. The molecule has 1 aliphatic heterocycles. The van der Waals surface area contributed by atoms with Crippen molar-refractivity contribution < 1.29 is 19.0 Å². The van der Waals surface area contributed by atoms with Crippen molar-refractivity contribution in [3.63, 3.8) is 0 Å². The molecule has 1 aromatic heterocycles. The van der Waals surface area contributed by atoms with Crippen LogP contribution in [-0.2, 0) is 0 Å². The van der Waals surface area contributed by atoms with Crippen molar-refractivity contribution in [2.75, 3.05) is 32.1 Å². The van der Waals surface area contributed by atoms with E-state index < -0.39 is 17.2 Å². The van der Waals surface area contributed by atoms with Gasteiger partial charge in [-0.05, 0) is 20.0 Å². The molecular formula is C16H18FN3O4. The lowest BCUT2D eigenvalue weighted by atomic mass is 10.1. The molecule has 0 fully saturated rings. The van der Waals surface area contributed by atoms with Gasteiger partial charge in [-0.3, -0.25) is 4.79 Å². The van der Waals surface area contributed by atoms with Crippen molar-refractivity contribution in [3.05, 3.63) is 33.9 Å². The number of nitrogens with one attached hydrogen (secondary N) is 2. The molecule has 3 N–H and O–H groups in total. The molecule has 0 spiro atoms. The Balaban J connectivity index is 2.30. The minimum atomic E-state index is -1.33. The standard InChI is InChI=1S/C16H18FN3O4/c1-8-7-24-15-12(19-4-3-18-2)11(17)5-9-13(15)20(8)6-10(14(9)21)16(22)23/h5-6,8,18-19H,3-4,7H2,1-2H3,(H,22,23). The molecule has 8 heteroatoms. The predicted octanol–water partition coefficient (Wildman–Crippen LogP) is 1.42. The van der Waals surface area contributed by atoms with Crippen molar-refractivity contribution in [1.82, 2.24) is 9.88 Å². The van der Waals surface area contributed by atoms with E-state index in [0.29, 0.717) is 18.6 Å². The number of carboxylic acid groups (broad SMARTS) is 1. The minimum absolute atomic E-state index is 0.00752. The van der Waals surface area contributed by atoms with Crippen LogP contribution in [0.3, 0.4) is 0 Å². The van der Waals surface area contributed by atoms with Crippen LogP contribution in [-0.4, -0.2) is 42.4 Å². The Labute approximate surface area is 137 Å². The summed E-state index contributed by atoms with van der Waals surface area (Å²) in [7, 11) is 1.78. The summed E-state index contributed by atoms with van der Waals surface area (Å²) in [6, 6.07) is 0.905. The van der Waals surface area contributed by atoms with Gasteiger partial charge < -0.3 is 25.0 Å². The monoisotopic (exact) mass is 335 g/mol. The van der Waals surface area contributed by atoms with Crippen LogP contribution in [0.2, 0.25) is 0 Å². The van der Waals surface area contributed by atoms with Gasteiger partial charge in [-0.25, -0.2) is 9.18 Å². The van der Waals surface area contributed by atoms with E-state index in [1.165, 1.54) is 6.20 Å². The van der Waals surface area contributed by atoms with E-state index in [1.807, 2.05) is 6.92 Å². The molecule has 7 nitrogen and oxygen atoms in total. The largest absolute Gasteiger partial charge is 0.487 e. The molecule has 1 aliphatic rings. The highest BCUT2D eigenvalue weighted by Crippen LogP contribution is 2.39. The Morgan fingerprint density at radius 2 is 2.25 bits per heavy atom. The molecular weight excluding hydrogens is 317 g/mol. The zero-order chi connectivity index (χ0) is 17.4. The maximum Gasteiger partial charge on any atom is 0.341 e. The summed E-state index contributed by atoms with van der Waals surface area (Å²) >= 11 is 0. The van der Waals surface area contributed by atoms with Gasteiger partial charge >= 0.3 is 5.97 Å². The molecule has 2 heterocycles. The van der Waals surface area contributed by atoms with Crippen LogP contribution in [0.5, 0.6) is 5.75 Å². The number of hydrogen-bond donors (Lipinski definition) is 3.